The van der Waals surface area contributed by atoms with E-state index >= 15 is 0 Å². The SMILES string of the molecule is CCn1c(SCC(=O)Nc2ccc3ccccc3c2)nnc1[C@H](C)NC(=O)Cc1ccc(OC)cc1. The molecule has 36 heavy (non-hydrogen) atoms. The summed E-state index contributed by atoms with van der Waals surface area (Å²) in [5.41, 5.74) is 1.65. The van der Waals surface area contributed by atoms with Crippen molar-refractivity contribution < 1.29 is 14.3 Å². The Morgan fingerprint density at radius 3 is 2.47 bits per heavy atom. The Labute approximate surface area is 214 Å². The van der Waals surface area contributed by atoms with Crippen molar-refractivity contribution in [1.29, 1.82) is 0 Å². The van der Waals surface area contributed by atoms with Crippen LogP contribution in [-0.2, 0) is 22.6 Å². The third-order valence-corrected chi connectivity index (χ3v) is 6.68. The number of nitrogens with zero attached hydrogens (tertiary/aromatic N) is 3. The fraction of sp³-hybridized carbons (Fsp3) is 0.259. The van der Waals surface area contributed by atoms with E-state index in [2.05, 4.69) is 20.8 Å². The highest BCUT2D eigenvalue weighted by Gasteiger charge is 2.20. The van der Waals surface area contributed by atoms with Gasteiger partial charge >= 0.3 is 0 Å². The van der Waals surface area contributed by atoms with E-state index in [1.54, 1.807) is 7.11 Å². The zero-order chi connectivity index (χ0) is 25.5. The zero-order valence-corrected chi connectivity index (χ0v) is 21.3. The summed E-state index contributed by atoms with van der Waals surface area (Å²) in [7, 11) is 1.61. The summed E-state index contributed by atoms with van der Waals surface area (Å²) in [6.45, 7) is 4.48. The quantitative estimate of drug-likeness (QED) is 0.307. The standard InChI is InChI=1S/C27H29N5O3S/c1-4-32-26(18(2)28-24(33)15-19-9-13-23(35-3)14-10-19)30-31-27(32)36-17-25(34)29-22-12-11-20-7-5-6-8-21(20)16-22/h5-14,16,18H,4,15,17H2,1-3H3,(H,28,33)(H,29,34)/t18-/m0/s1. The highest BCUT2D eigenvalue weighted by atomic mass is 32.2. The molecule has 2 N–H and O–H groups in total. The minimum Gasteiger partial charge on any atom is -0.497 e. The molecule has 0 bridgehead atoms. The molecule has 0 saturated heterocycles. The molecule has 8 nitrogen and oxygen atoms in total. The Bertz CT molecular complexity index is 1350. The summed E-state index contributed by atoms with van der Waals surface area (Å²) in [5, 5.41) is 17.3. The van der Waals surface area contributed by atoms with Crippen LogP contribution >= 0.6 is 11.8 Å². The highest BCUT2D eigenvalue weighted by Crippen LogP contribution is 2.22. The number of hydrogen-bond donors (Lipinski definition) is 2. The van der Waals surface area contributed by atoms with Gasteiger partial charge in [0.1, 0.15) is 5.75 Å². The van der Waals surface area contributed by atoms with Gasteiger partial charge in [0.05, 0.1) is 25.3 Å². The first kappa shape index (κ1) is 25.2. The van der Waals surface area contributed by atoms with Crippen LogP contribution in [0, 0.1) is 0 Å². The molecule has 1 aromatic heterocycles. The van der Waals surface area contributed by atoms with E-state index in [0.717, 1.165) is 27.8 Å². The maximum Gasteiger partial charge on any atom is 0.234 e. The van der Waals surface area contributed by atoms with Gasteiger partial charge in [-0.15, -0.1) is 10.2 Å². The minimum atomic E-state index is -0.330. The molecule has 0 unspecified atom stereocenters. The van der Waals surface area contributed by atoms with Gasteiger partial charge in [-0.1, -0.05) is 54.2 Å². The molecule has 0 saturated carbocycles. The number of rotatable bonds is 10. The molecule has 4 rings (SSSR count). The van der Waals surface area contributed by atoms with E-state index < -0.39 is 0 Å². The third kappa shape index (κ3) is 6.23. The Balaban J connectivity index is 1.33. The molecule has 186 valence electrons. The van der Waals surface area contributed by atoms with Crippen LogP contribution in [0.3, 0.4) is 0 Å². The Morgan fingerprint density at radius 2 is 1.75 bits per heavy atom. The van der Waals surface area contributed by atoms with Crippen molar-refractivity contribution in [3.8, 4) is 5.75 Å². The van der Waals surface area contributed by atoms with Gasteiger partial charge in [0.15, 0.2) is 11.0 Å². The number of carbonyl (C=O) groups excluding carboxylic acids is 2. The molecule has 3 aromatic carbocycles. The average molecular weight is 504 g/mol. The molecule has 0 aliphatic rings. The lowest BCUT2D eigenvalue weighted by Gasteiger charge is -2.15. The minimum absolute atomic E-state index is 0.109. The molecule has 0 fully saturated rings. The van der Waals surface area contributed by atoms with Crippen molar-refractivity contribution in [3.05, 3.63) is 78.1 Å². The molecule has 9 heteroatoms. The summed E-state index contributed by atoms with van der Waals surface area (Å²) in [5.74, 6) is 1.37. The summed E-state index contributed by atoms with van der Waals surface area (Å²) >= 11 is 1.32. The van der Waals surface area contributed by atoms with Gasteiger partial charge in [-0.3, -0.25) is 9.59 Å². The van der Waals surface area contributed by atoms with E-state index in [4.69, 9.17) is 4.74 Å². The van der Waals surface area contributed by atoms with Crippen LogP contribution in [0.25, 0.3) is 10.8 Å². The lowest BCUT2D eigenvalue weighted by Crippen LogP contribution is -2.30. The average Bonchev–Trinajstić information content (AvgIpc) is 3.31. The monoisotopic (exact) mass is 503 g/mol. The summed E-state index contributed by atoms with van der Waals surface area (Å²) < 4.78 is 7.08. The van der Waals surface area contributed by atoms with E-state index in [1.807, 2.05) is 85.1 Å². The molecular formula is C27H29N5O3S. The molecule has 2 amide bonds. The normalized spacial score (nSPS) is 11.8. The fourth-order valence-corrected chi connectivity index (χ4v) is 4.71. The lowest BCUT2D eigenvalue weighted by molar-refractivity contribution is -0.121. The van der Waals surface area contributed by atoms with Crippen molar-refractivity contribution >= 4 is 40.0 Å². The molecule has 0 aliphatic heterocycles. The number of thioether (sulfide) groups is 1. The van der Waals surface area contributed by atoms with Gasteiger partial charge in [-0.2, -0.15) is 0 Å². The van der Waals surface area contributed by atoms with Crippen molar-refractivity contribution in [2.45, 2.75) is 38.0 Å². The molecule has 0 radical (unpaired) electrons. The first-order chi connectivity index (χ1) is 17.5. The molecule has 1 atom stereocenters. The second kappa shape index (κ2) is 11.7. The lowest BCUT2D eigenvalue weighted by atomic mass is 10.1. The fourth-order valence-electron chi connectivity index (χ4n) is 3.90. The van der Waals surface area contributed by atoms with Crippen LogP contribution in [0.15, 0.2) is 71.9 Å². The second-order valence-corrected chi connectivity index (χ2v) is 9.24. The van der Waals surface area contributed by atoms with Crippen LogP contribution in [0.2, 0.25) is 0 Å². The Kier molecular flexibility index (Phi) is 8.22. The van der Waals surface area contributed by atoms with Crippen LogP contribution < -0.4 is 15.4 Å². The van der Waals surface area contributed by atoms with Crippen molar-refractivity contribution in [2.24, 2.45) is 0 Å². The van der Waals surface area contributed by atoms with Crippen molar-refractivity contribution in [1.82, 2.24) is 20.1 Å². The number of amides is 2. The molecule has 4 aromatic rings. The summed E-state index contributed by atoms with van der Waals surface area (Å²) in [6.07, 6.45) is 0.255. The Morgan fingerprint density at radius 1 is 1.00 bits per heavy atom. The molecule has 1 heterocycles. The van der Waals surface area contributed by atoms with Crippen LogP contribution in [0.5, 0.6) is 5.75 Å². The van der Waals surface area contributed by atoms with Crippen LogP contribution in [0.4, 0.5) is 5.69 Å². The summed E-state index contributed by atoms with van der Waals surface area (Å²) in [4.78, 5) is 25.1. The van der Waals surface area contributed by atoms with Crippen molar-refractivity contribution in [3.63, 3.8) is 0 Å². The largest absolute Gasteiger partial charge is 0.497 e. The highest BCUT2D eigenvalue weighted by molar-refractivity contribution is 7.99. The number of ether oxygens (including phenoxy) is 1. The topological polar surface area (TPSA) is 98.1 Å². The van der Waals surface area contributed by atoms with E-state index in [0.29, 0.717) is 17.5 Å². The number of methoxy groups -OCH3 is 1. The predicted octanol–water partition coefficient (Wildman–Crippen LogP) is 4.61. The first-order valence-electron chi connectivity index (χ1n) is 11.7. The van der Waals surface area contributed by atoms with Crippen LogP contribution in [0.1, 0.15) is 31.3 Å². The second-order valence-electron chi connectivity index (χ2n) is 8.30. The smallest absolute Gasteiger partial charge is 0.234 e. The van der Waals surface area contributed by atoms with Crippen LogP contribution in [-0.4, -0.2) is 39.4 Å². The van der Waals surface area contributed by atoms with Gasteiger partial charge in [-0.25, -0.2) is 0 Å². The van der Waals surface area contributed by atoms with Gasteiger partial charge in [0.25, 0.3) is 0 Å². The maximum atomic E-state index is 12.6. The molecular weight excluding hydrogens is 474 g/mol. The van der Waals surface area contributed by atoms with Gasteiger partial charge in [0.2, 0.25) is 11.8 Å². The Hall–Kier alpha value is -3.85. The molecule has 0 spiro atoms. The zero-order valence-electron chi connectivity index (χ0n) is 20.5. The number of hydrogen-bond acceptors (Lipinski definition) is 6. The number of aromatic nitrogens is 3. The van der Waals surface area contributed by atoms with E-state index in [9.17, 15) is 9.59 Å². The predicted molar refractivity (Wildman–Crippen MR) is 142 cm³/mol. The number of carbonyl (C=O) groups is 2. The third-order valence-electron chi connectivity index (χ3n) is 5.72. The molecule has 0 aliphatic carbocycles. The summed E-state index contributed by atoms with van der Waals surface area (Å²) in [6, 6.07) is 20.9. The first-order valence-corrected chi connectivity index (χ1v) is 12.7. The maximum absolute atomic E-state index is 12.6. The number of anilines is 1. The van der Waals surface area contributed by atoms with Gasteiger partial charge in [-0.05, 0) is 54.4 Å². The van der Waals surface area contributed by atoms with Gasteiger partial charge < -0.3 is 19.9 Å². The number of benzene rings is 3. The van der Waals surface area contributed by atoms with E-state index in [-0.39, 0.29) is 30.0 Å². The number of nitrogens with one attached hydrogen (secondary N) is 2. The number of fused-ring (bicyclic) bond motifs is 1. The van der Waals surface area contributed by atoms with Gasteiger partial charge in [0, 0.05) is 12.2 Å². The van der Waals surface area contributed by atoms with E-state index in [1.165, 1.54) is 11.8 Å². The van der Waals surface area contributed by atoms with Crippen molar-refractivity contribution in [2.75, 3.05) is 18.2 Å².